The Bertz CT molecular complexity index is 654. The number of aliphatic hydroxyl groups is 1. The van der Waals surface area contributed by atoms with Crippen LogP contribution in [0.2, 0.25) is 0 Å². The Kier molecular flexibility index (Phi) is 4.96. The van der Waals surface area contributed by atoms with Gasteiger partial charge in [-0.3, -0.25) is 4.90 Å². The first-order chi connectivity index (χ1) is 12.1. The van der Waals surface area contributed by atoms with Crippen molar-refractivity contribution in [2.45, 2.75) is 63.3 Å². The molecule has 0 spiro atoms. The van der Waals surface area contributed by atoms with Gasteiger partial charge in [0.1, 0.15) is 17.2 Å². The summed E-state index contributed by atoms with van der Waals surface area (Å²) in [5.74, 6) is -1.34. The van der Waals surface area contributed by atoms with Crippen LogP contribution in [0.15, 0.2) is 18.2 Å². The number of fused-ring (bicyclic) bond motifs is 2. The number of piperidine rings is 1. The van der Waals surface area contributed by atoms with E-state index in [9.17, 15) is 18.7 Å². The summed E-state index contributed by atoms with van der Waals surface area (Å²) in [6, 6.07) is 2.88. The minimum absolute atomic E-state index is 0.125. The molecule has 0 radical (unpaired) electrons. The number of carbonyl (C=O) groups is 1. The molecular weight excluding hydrogens is 344 g/mol. The molecule has 2 aliphatic heterocycles. The number of hydrogen-bond donors (Lipinski definition) is 1. The van der Waals surface area contributed by atoms with E-state index in [0.29, 0.717) is 0 Å². The number of rotatable bonds is 2. The van der Waals surface area contributed by atoms with Gasteiger partial charge in [0.15, 0.2) is 0 Å². The van der Waals surface area contributed by atoms with Crippen molar-refractivity contribution in [3.63, 3.8) is 0 Å². The summed E-state index contributed by atoms with van der Waals surface area (Å²) in [5.41, 5.74) is -2.06. The van der Waals surface area contributed by atoms with Crippen LogP contribution in [-0.4, -0.2) is 52.6 Å². The number of morpholine rings is 1. The summed E-state index contributed by atoms with van der Waals surface area (Å²) >= 11 is 0. The van der Waals surface area contributed by atoms with Gasteiger partial charge in [0.2, 0.25) is 0 Å². The number of carbonyl (C=O) groups excluding carboxylic acids is 1. The maximum atomic E-state index is 14.0. The van der Waals surface area contributed by atoms with Gasteiger partial charge in [-0.15, -0.1) is 0 Å². The zero-order valence-electron chi connectivity index (χ0n) is 15.3. The topological polar surface area (TPSA) is 59.0 Å². The first kappa shape index (κ1) is 19.0. The molecule has 1 amide bonds. The Labute approximate surface area is 151 Å². The Hall–Kier alpha value is -1.73. The maximum absolute atomic E-state index is 14.0. The fraction of sp³-hybridized carbons (Fsp3) is 0.632. The zero-order chi connectivity index (χ0) is 19.1. The molecule has 1 aromatic carbocycles. The number of amides is 1. The highest BCUT2D eigenvalue weighted by Crippen LogP contribution is 2.38. The van der Waals surface area contributed by atoms with Crippen LogP contribution in [-0.2, 0) is 15.9 Å². The molecule has 2 aliphatic rings. The summed E-state index contributed by atoms with van der Waals surface area (Å²) in [7, 11) is 0. The molecule has 0 aliphatic carbocycles. The van der Waals surface area contributed by atoms with Crippen LogP contribution >= 0.6 is 0 Å². The van der Waals surface area contributed by atoms with Gasteiger partial charge < -0.3 is 14.6 Å². The van der Waals surface area contributed by atoms with Gasteiger partial charge in [0.25, 0.3) is 0 Å². The molecule has 0 saturated carbocycles. The predicted octanol–water partition coefficient (Wildman–Crippen LogP) is 3.04. The lowest BCUT2D eigenvalue weighted by atomic mass is 9.77. The summed E-state index contributed by atoms with van der Waals surface area (Å²) in [6.45, 7) is 5.89. The second-order valence-electron chi connectivity index (χ2n) is 8.24. The lowest BCUT2D eigenvalue weighted by Gasteiger charge is -2.51. The van der Waals surface area contributed by atoms with Gasteiger partial charge in [-0.05, 0) is 45.7 Å². The van der Waals surface area contributed by atoms with Crippen LogP contribution in [0.1, 0.15) is 39.2 Å². The number of ether oxygens (including phenoxy) is 2. The number of halogens is 2. The van der Waals surface area contributed by atoms with E-state index in [2.05, 4.69) is 0 Å². The van der Waals surface area contributed by atoms with Crippen molar-refractivity contribution >= 4 is 6.09 Å². The molecule has 7 heteroatoms. The van der Waals surface area contributed by atoms with E-state index in [1.807, 2.05) is 0 Å². The van der Waals surface area contributed by atoms with Gasteiger partial charge in [-0.2, -0.15) is 0 Å². The second kappa shape index (κ2) is 6.78. The van der Waals surface area contributed by atoms with Crippen LogP contribution in [0, 0.1) is 11.6 Å². The predicted molar refractivity (Wildman–Crippen MR) is 90.7 cm³/mol. The van der Waals surface area contributed by atoms with Crippen LogP contribution in [0.4, 0.5) is 13.6 Å². The molecule has 1 N–H and O–H groups in total. The van der Waals surface area contributed by atoms with E-state index >= 15 is 0 Å². The molecule has 2 unspecified atom stereocenters. The normalized spacial score (nSPS) is 28.8. The van der Waals surface area contributed by atoms with Crippen molar-refractivity contribution in [3.05, 3.63) is 35.4 Å². The second-order valence-corrected chi connectivity index (χ2v) is 8.24. The average Bonchev–Trinajstić information content (AvgIpc) is 2.48. The number of nitrogens with zero attached hydrogens (tertiary/aromatic N) is 1. The molecule has 2 bridgehead atoms. The average molecular weight is 369 g/mol. The molecule has 3 rings (SSSR count). The van der Waals surface area contributed by atoms with Crippen molar-refractivity contribution in [1.29, 1.82) is 0 Å². The van der Waals surface area contributed by atoms with E-state index in [1.165, 1.54) is 18.2 Å². The van der Waals surface area contributed by atoms with Crippen molar-refractivity contribution in [1.82, 2.24) is 4.90 Å². The minimum atomic E-state index is -1.30. The molecule has 2 fully saturated rings. The highest BCUT2D eigenvalue weighted by Gasteiger charge is 2.49. The Morgan fingerprint density at radius 3 is 2.31 bits per heavy atom. The smallest absolute Gasteiger partial charge is 0.410 e. The van der Waals surface area contributed by atoms with Gasteiger partial charge in [0.05, 0.1) is 30.9 Å². The molecule has 26 heavy (non-hydrogen) atoms. The SMILES string of the molecule is CC(C)(C)OC(=O)N1C2COCC1CC(O)(Cc1c(F)cccc1F)C2. The highest BCUT2D eigenvalue weighted by molar-refractivity contribution is 5.69. The Balaban J connectivity index is 1.79. The minimum Gasteiger partial charge on any atom is -0.444 e. The molecule has 2 heterocycles. The van der Waals surface area contributed by atoms with Crippen LogP contribution in [0.25, 0.3) is 0 Å². The van der Waals surface area contributed by atoms with E-state index in [4.69, 9.17) is 9.47 Å². The number of hydrogen-bond acceptors (Lipinski definition) is 4. The van der Waals surface area contributed by atoms with Gasteiger partial charge >= 0.3 is 6.09 Å². The summed E-state index contributed by atoms with van der Waals surface area (Å²) in [6.07, 6.45) is -0.233. The van der Waals surface area contributed by atoms with Crippen LogP contribution in [0.3, 0.4) is 0 Å². The van der Waals surface area contributed by atoms with E-state index in [1.54, 1.807) is 25.7 Å². The standard InChI is InChI=1S/C19H25F2NO4/c1-18(2,3)26-17(23)22-12-7-19(24,8-13(22)11-25-10-12)9-14-15(20)5-4-6-16(14)21/h4-6,12-13,24H,7-11H2,1-3H3. The van der Waals surface area contributed by atoms with Crippen molar-refractivity contribution in [2.75, 3.05) is 13.2 Å². The third-order valence-electron chi connectivity index (χ3n) is 4.81. The lowest BCUT2D eigenvalue weighted by molar-refractivity contribution is -0.137. The molecule has 0 aromatic heterocycles. The van der Waals surface area contributed by atoms with E-state index in [-0.39, 0.29) is 38.0 Å². The monoisotopic (exact) mass is 369 g/mol. The largest absolute Gasteiger partial charge is 0.444 e. The first-order valence-electron chi connectivity index (χ1n) is 8.82. The number of benzene rings is 1. The Morgan fingerprint density at radius 1 is 1.27 bits per heavy atom. The van der Waals surface area contributed by atoms with Gasteiger partial charge in [-0.1, -0.05) is 6.07 Å². The Morgan fingerprint density at radius 2 is 1.81 bits per heavy atom. The maximum Gasteiger partial charge on any atom is 0.410 e. The molecule has 2 saturated heterocycles. The van der Waals surface area contributed by atoms with E-state index in [0.717, 1.165) is 0 Å². The third kappa shape index (κ3) is 3.99. The molecular formula is C19H25F2NO4. The molecule has 1 aromatic rings. The summed E-state index contributed by atoms with van der Waals surface area (Å²) in [4.78, 5) is 14.2. The van der Waals surface area contributed by atoms with Crippen LogP contribution in [0.5, 0.6) is 0 Å². The summed E-state index contributed by atoms with van der Waals surface area (Å²) < 4.78 is 39.0. The zero-order valence-corrected chi connectivity index (χ0v) is 15.3. The lowest BCUT2D eigenvalue weighted by Crippen LogP contribution is -2.64. The summed E-state index contributed by atoms with van der Waals surface area (Å²) in [5, 5.41) is 11.0. The first-order valence-corrected chi connectivity index (χ1v) is 8.82. The van der Waals surface area contributed by atoms with Gasteiger partial charge in [-0.25, -0.2) is 13.6 Å². The quantitative estimate of drug-likeness (QED) is 0.871. The molecule has 2 atom stereocenters. The van der Waals surface area contributed by atoms with Crippen LogP contribution < -0.4 is 0 Å². The van der Waals surface area contributed by atoms with Crippen molar-refractivity contribution in [2.24, 2.45) is 0 Å². The third-order valence-corrected chi connectivity index (χ3v) is 4.81. The van der Waals surface area contributed by atoms with Crippen molar-refractivity contribution in [3.8, 4) is 0 Å². The van der Waals surface area contributed by atoms with Crippen molar-refractivity contribution < 1.29 is 28.2 Å². The molecule has 5 nitrogen and oxygen atoms in total. The fourth-order valence-electron chi connectivity index (χ4n) is 3.86. The van der Waals surface area contributed by atoms with Gasteiger partial charge in [0, 0.05) is 12.0 Å². The molecule has 144 valence electrons. The highest BCUT2D eigenvalue weighted by atomic mass is 19.1. The fourth-order valence-corrected chi connectivity index (χ4v) is 3.86. The van der Waals surface area contributed by atoms with E-state index < -0.39 is 41.0 Å².